The molecule has 27 heavy (non-hydrogen) atoms. The largest absolute Gasteiger partial charge is 0.383 e. The molecule has 3 rings (SSSR count). The van der Waals surface area contributed by atoms with Gasteiger partial charge < -0.3 is 9.64 Å². The Kier molecular flexibility index (Phi) is 6.73. The van der Waals surface area contributed by atoms with E-state index < -0.39 is 0 Å². The number of unbranched alkanes of at least 4 members (excludes halogenated alkanes) is 2. The van der Waals surface area contributed by atoms with E-state index in [0.29, 0.717) is 34.5 Å². The molecule has 0 bridgehead atoms. The first-order valence-corrected chi connectivity index (χ1v) is 10.9. The molecule has 144 valence electrons. The number of anilines is 1. The smallest absolute Gasteiger partial charge is 0.267 e. The molecule has 5 nitrogen and oxygen atoms in total. The van der Waals surface area contributed by atoms with Crippen LogP contribution < -0.4 is 4.90 Å². The van der Waals surface area contributed by atoms with Crippen molar-refractivity contribution in [2.75, 3.05) is 31.7 Å². The van der Waals surface area contributed by atoms with Crippen LogP contribution in [0.5, 0.6) is 0 Å². The summed E-state index contributed by atoms with van der Waals surface area (Å²) in [6.45, 7) is 3.56. The lowest BCUT2D eigenvalue weighted by atomic mass is 10.1. The highest BCUT2D eigenvalue weighted by molar-refractivity contribution is 9.10. The topological polar surface area (TPSA) is 49.9 Å². The van der Waals surface area contributed by atoms with Crippen LogP contribution in [0.1, 0.15) is 31.7 Å². The number of carbonyl (C=O) groups is 2. The average Bonchev–Trinajstić information content (AvgIpc) is 3.06. The number of hydrogen-bond acceptors (Lipinski definition) is 5. The molecule has 8 heteroatoms. The summed E-state index contributed by atoms with van der Waals surface area (Å²) in [5.74, 6) is -0.335. The van der Waals surface area contributed by atoms with Crippen molar-refractivity contribution in [1.82, 2.24) is 4.90 Å². The quantitative estimate of drug-likeness (QED) is 0.340. The van der Waals surface area contributed by atoms with Crippen LogP contribution >= 0.6 is 39.9 Å². The van der Waals surface area contributed by atoms with E-state index in [4.69, 9.17) is 17.0 Å². The van der Waals surface area contributed by atoms with Crippen molar-refractivity contribution in [3.8, 4) is 0 Å². The predicted molar refractivity (Wildman–Crippen MR) is 117 cm³/mol. The van der Waals surface area contributed by atoms with Gasteiger partial charge in [0.05, 0.1) is 29.3 Å². The summed E-state index contributed by atoms with van der Waals surface area (Å²) in [4.78, 5) is 29.9. The average molecular weight is 469 g/mol. The van der Waals surface area contributed by atoms with Crippen molar-refractivity contribution in [3.63, 3.8) is 0 Å². The molecule has 2 amide bonds. The van der Waals surface area contributed by atoms with Crippen LogP contribution in [0.2, 0.25) is 0 Å². The van der Waals surface area contributed by atoms with Crippen LogP contribution in [0.25, 0.3) is 5.57 Å². The molecule has 0 spiro atoms. The van der Waals surface area contributed by atoms with Gasteiger partial charge in [-0.05, 0) is 24.6 Å². The summed E-state index contributed by atoms with van der Waals surface area (Å²) >= 11 is 10.0. The van der Waals surface area contributed by atoms with E-state index in [1.807, 2.05) is 18.2 Å². The SMILES string of the molecule is CCCCCN1C(=O)C(=C2SC(=S)N(CCOC)C2=O)c2cc(Br)ccc21. The van der Waals surface area contributed by atoms with Gasteiger partial charge in [-0.1, -0.05) is 59.7 Å². The van der Waals surface area contributed by atoms with Gasteiger partial charge in [-0.3, -0.25) is 14.5 Å². The fraction of sp³-hybridized carbons (Fsp3) is 0.421. The minimum absolute atomic E-state index is 0.119. The van der Waals surface area contributed by atoms with Gasteiger partial charge in [-0.2, -0.15) is 0 Å². The van der Waals surface area contributed by atoms with E-state index in [2.05, 4.69) is 22.9 Å². The molecule has 1 aromatic rings. The monoisotopic (exact) mass is 468 g/mol. The van der Waals surface area contributed by atoms with Gasteiger partial charge >= 0.3 is 0 Å². The number of halogens is 1. The third-order valence-corrected chi connectivity index (χ3v) is 6.50. The predicted octanol–water partition coefficient (Wildman–Crippen LogP) is 4.20. The zero-order valence-corrected chi connectivity index (χ0v) is 18.5. The third-order valence-electron chi connectivity index (χ3n) is 4.56. The number of benzene rings is 1. The number of methoxy groups -OCH3 is 1. The van der Waals surface area contributed by atoms with E-state index >= 15 is 0 Å². The second-order valence-electron chi connectivity index (χ2n) is 6.35. The Morgan fingerprint density at radius 1 is 1.15 bits per heavy atom. The highest BCUT2D eigenvalue weighted by atomic mass is 79.9. The van der Waals surface area contributed by atoms with Crippen LogP contribution in [0.4, 0.5) is 5.69 Å². The van der Waals surface area contributed by atoms with Crippen molar-refractivity contribution >= 4 is 67.3 Å². The number of nitrogens with zero attached hydrogens (tertiary/aromatic N) is 2. The molecule has 1 fully saturated rings. The fourth-order valence-electron chi connectivity index (χ4n) is 3.19. The molecule has 2 heterocycles. The number of rotatable bonds is 7. The van der Waals surface area contributed by atoms with Crippen molar-refractivity contribution in [1.29, 1.82) is 0 Å². The highest BCUT2D eigenvalue weighted by Crippen LogP contribution is 2.45. The zero-order chi connectivity index (χ0) is 19.6. The number of ether oxygens (including phenoxy) is 1. The van der Waals surface area contributed by atoms with Crippen molar-refractivity contribution in [3.05, 3.63) is 33.1 Å². The van der Waals surface area contributed by atoms with Gasteiger partial charge in [-0.15, -0.1) is 0 Å². The second kappa shape index (κ2) is 8.86. The van der Waals surface area contributed by atoms with Gasteiger partial charge in [0.2, 0.25) is 0 Å². The molecule has 0 N–H and O–H groups in total. The molecule has 0 aromatic heterocycles. The Morgan fingerprint density at radius 3 is 2.63 bits per heavy atom. The highest BCUT2D eigenvalue weighted by Gasteiger charge is 2.41. The number of thioether (sulfide) groups is 1. The lowest BCUT2D eigenvalue weighted by Gasteiger charge is -2.16. The zero-order valence-electron chi connectivity index (χ0n) is 15.3. The summed E-state index contributed by atoms with van der Waals surface area (Å²) in [6.07, 6.45) is 3.07. The first-order chi connectivity index (χ1) is 13.0. The molecule has 0 radical (unpaired) electrons. The minimum atomic E-state index is -0.216. The van der Waals surface area contributed by atoms with E-state index in [0.717, 1.165) is 35.0 Å². The third kappa shape index (κ3) is 3.99. The number of fused-ring (bicyclic) bond motifs is 1. The number of thiocarbonyl (C=S) groups is 1. The van der Waals surface area contributed by atoms with Crippen LogP contribution in [-0.4, -0.2) is 47.8 Å². The van der Waals surface area contributed by atoms with Gasteiger partial charge in [-0.25, -0.2) is 0 Å². The molecule has 2 aliphatic rings. The first-order valence-electron chi connectivity index (χ1n) is 8.88. The summed E-state index contributed by atoms with van der Waals surface area (Å²) in [5, 5.41) is 0. The molecule has 0 saturated carbocycles. The van der Waals surface area contributed by atoms with Gasteiger partial charge in [0, 0.05) is 23.7 Å². The van der Waals surface area contributed by atoms with E-state index in [9.17, 15) is 9.59 Å². The van der Waals surface area contributed by atoms with E-state index in [-0.39, 0.29) is 11.8 Å². The Bertz CT molecular complexity index is 825. The maximum Gasteiger partial charge on any atom is 0.267 e. The molecule has 2 aliphatic heterocycles. The van der Waals surface area contributed by atoms with Gasteiger partial charge in [0.25, 0.3) is 11.8 Å². The maximum atomic E-state index is 13.2. The Morgan fingerprint density at radius 2 is 1.93 bits per heavy atom. The Hall–Kier alpha value is -1.22. The summed E-state index contributed by atoms with van der Waals surface area (Å²) in [6, 6.07) is 5.76. The number of hydrogen-bond donors (Lipinski definition) is 0. The molecule has 0 unspecified atom stereocenters. The van der Waals surface area contributed by atoms with Crippen molar-refractivity contribution < 1.29 is 14.3 Å². The molecule has 0 aliphatic carbocycles. The molecule has 1 aromatic carbocycles. The summed E-state index contributed by atoms with van der Waals surface area (Å²) < 4.78 is 6.40. The van der Waals surface area contributed by atoms with Crippen LogP contribution in [-0.2, 0) is 14.3 Å². The molecular weight excluding hydrogens is 448 g/mol. The first kappa shape index (κ1) is 20.5. The van der Waals surface area contributed by atoms with Crippen molar-refractivity contribution in [2.24, 2.45) is 0 Å². The standard InChI is InChI=1S/C19H21BrN2O3S2/c1-3-4-5-8-21-14-7-6-12(20)11-13(14)15(17(21)23)16-18(24)22(9-10-25-2)19(26)27-16/h6-7,11H,3-5,8-10H2,1-2H3. The van der Waals surface area contributed by atoms with E-state index in [1.54, 1.807) is 12.0 Å². The lowest BCUT2D eigenvalue weighted by Crippen LogP contribution is -2.32. The lowest BCUT2D eigenvalue weighted by molar-refractivity contribution is -0.123. The molecule has 0 atom stereocenters. The van der Waals surface area contributed by atoms with Crippen LogP contribution in [0.3, 0.4) is 0 Å². The van der Waals surface area contributed by atoms with Crippen LogP contribution in [0, 0.1) is 0 Å². The molecule has 1 saturated heterocycles. The molecular formula is C19H21BrN2O3S2. The fourth-order valence-corrected chi connectivity index (χ4v) is 4.93. The van der Waals surface area contributed by atoms with Gasteiger partial charge in [0.1, 0.15) is 4.32 Å². The van der Waals surface area contributed by atoms with Gasteiger partial charge in [0.15, 0.2) is 0 Å². The summed E-state index contributed by atoms with van der Waals surface area (Å²) in [5.41, 5.74) is 2.11. The Balaban J connectivity index is 2.01. The number of carbonyl (C=O) groups excluding carboxylic acids is 2. The normalized spacial score (nSPS) is 19.4. The van der Waals surface area contributed by atoms with E-state index in [1.165, 1.54) is 16.7 Å². The Labute approximate surface area is 177 Å². The second-order valence-corrected chi connectivity index (χ2v) is 8.91. The van der Waals surface area contributed by atoms with Crippen LogP contribution in [0.15, 0.2) is 27.6 Å². The minimum Gasteiger partial charge on any atom is -0.383 e. The maximum absolute atomic E-state index is 13.2. The number of amides is 2. The van der Waals surface area contributed by atoms with Crippen molar-refractivity contribution in [2.45, 2.75) is 26.2 Å². The summed E-state index contributed by atoms with van der Waals surface area (Å²) in [7, 11) is 1.58.